The Hall–Kier alpha value is -1.29. The van der Waals surface area contributed by atoms with Crippen LogP contribution < -0.4 is 0 Å². The lowest BCUT2D eigenvalue weighted by Gasteiger charge is -2.05. The van der Waals surface area contributed by atoms with Crippen molar-refractivity contribution in [1.29, 1.82) is 0 Å². The first kappa shape index (κ1) is 10.8. The SMILES string of the molecule is C=C(OC)S(=O)(=O)c1ccc(C)cc1. The highest BCUT2D eigenvalue weighted by atomic mass is 32.2. The van der Waals surface area contributed by atoms with E-state index in [0.29, 0.717) is 0 Å². The number of aryl methyl sites for hydroxylation is 1. The van der Waals surface area contributed by atoms with Gasteiger partial charge in [0.05, 0.1) is 12.0 Å². The highest BCUT2D eigenvalue weighted by Crippen LogP contribution is 2.18. The second-order valence-electron chi connectivity index (χ2n) is 2.89. The van der Waals surface area contributed by atoms with Gasteiger partial charge in [-0.1, -0.05) is 17.7 Å². The molecule has 0 atom stereocenters. The highest BCUT2D eigenvalue weighted by Gasteiger charge is 2.18. The van der Waals surface area contributed by atoms with E-state index in [-0.39, 0.29) is 9.99 Å². The van der Waals surface area contributed by atoms with Gasteiger partial charge in [0.2, 0.25) is 14.9 Å². The Morgan fingerprint density at radius 3 is 2.21 bits per heavy atom. The molecule has 0 saturated heterocycles. The monoisotopic (exact) mass is 212 g/mol. The summed E-state index contributed by atoms with van der Waals surface area (Å²) in [5, 5.41) is -0.235. The Balaban J connectivity index is 3.18. The zero-order valence-electron chi connectivity index (χ0n) is 8.15. The van der Waals surface area contributed by atoms with Gasteiger partial charge in [0, 0.05) is 0 Å². The minimum absolute atomic E-state index is 0.204. The van der Waals surface area contributed by atoms with Crippen LogP contribution >= 0.6 is 0 Å². The van der Waals surface area contributed by atoms with Crippen molar-refractivity contribution in [2.24, 2.45) is 0 Å². The number of sulfone groups is 1. The highest BCUT2D eigenvalue weighted by molar-refractivity contribution is 7.95. The lowest BCUT2D eigenvalue weighted by molar-refractivity contribution is 0.318. The van der Waals surface area contributed by atoms with Gasteiger partial charge >= 0.3 is 0 Å². The summed E-state index contributed by atoms with van der Waals surface area (Å²) in [7, 11) is -2.24. The molecule has 3 nitrogen and oxygen atoms in total. The summed E-state index contributed by atoms with van der Waals surface area (Å²) in [5.41, 5.74) is 1.01. The van der Waals surface area contributed by atoms with Crippen molar-refractivity contribution in [1.82, 2.24) is 0 Å². The molecule has 0 heterocycles. The zero-order valence-corrected chi connectivity index (χ0v) is 8.97. The standard InChI is InChI=1S/C10H12O3S/c1-8-4-6-10(7-5-8)14(11,12)9(2)13-3/h4-7H,2H2,1,3H3. The topological polar surface area (TPSA) is 43.4 Å². The van der Waals surface area contributed by atoms with E-state index in [4.69, 9.17) is 0 Å². The molecule has 0 aromatic heterocycles. The summed E-state index contributed by atoms with van der Waals surface area (Å²) in [4.78, 5) is 0.204. The van der Waals surface area contributed by atoms with Crippen molar-refractivity contribution in [2.45, 2.75) is 11.8 Å². The summed E-state index contributed by atoms with van der Waals surface area (Å²) in [5.74, 6) is 0. The first-order valence-electron chi connectivity index (χ1n) is 4.03. The third-order valence-electron chi connectivity index (χ3n) is 1.86. The van der Waals surface area contributed by atoms with E-state index in [0.717, 1.165) is 5.56 Å². The van der Waals surface area contributed by atoms with Gasteiger partial charge in [-0.2, -0.15) is 0 Å². The molecule has 0 N–H and O–H groups in total. The lowest BCUT2D eigenvalue weighted by atomic mass is 10.2. The van der Waals surface area contributed by atoms with Crippen molar-refractivity contribution < 1.29 is 13.2 Å². The summed E-state index contributed by atoms with van der Waals surface area (Å²) < 4.78 is 27.9. The van der Waals surface area contributed by atoms with E-state index >= 15 is 0 Å². The van der Waals surface area contributed by atoms with Crippen molar-refractivity contribution in [3.8, 4) is 0 Å². The molecule has 0 unspecified atom stereocenters. The molecule has 0 aliphatic carbocycles. The van der Waals surface area contributed by atoms with Crippen LogP contribution in [-0.4, -0.2) is 15.5 Å². The summed E-state index contributed by atoms with van der Waals surface area (Å²) >= 11 is 0. The van der Waals surface area contributed by atoms with E-state index in [1.807, 2.05) is 6.92 Å². The minimum atomic E-state index is -3.52. The van der Waals surface area contributed by atoms with E-state index in [1.54, 1.807) is 12.1 Å². The number of ether oxygens (including phenoxy) is 1. The predicted octanol–water partition coefficient (Wildman–Crippen LogP) is 1.89. The second-order valence-corrected chi connectivity index (χ2v) is 4.83. The third-order valence-corrected chi connectivity index (χ3v) is 3.52. The van der Waals surface area contributed by atoms with Crippen molar-refractivity contribution in [2.75, 3.05) is 7.11 Å². The second kappa shape index (κ2) is 3.84. The first-order valence-corrected chi connectivity index (χ1v) is 5.51. The zero-order chi connectivity index (χ0) is 10.8. The Labute approximate surface area is 83.9 Å². The van der Waals surface area contributed by atoms with Crippen molar-refractivity contribution in [3.05, 3.63) is 41.5 Å². The maximum Gasteiger partial charge on any atom is 0.238 e. The number of rotatable bonds is 3. The van der Waals surface area contributed by atoms with Crippen LogP contribution in [-0.2, 0) is 14.6 Å². The number of hydrogen-bond donors (Lipinski definition) is 0. The van der Waals surface area contributed by atoms with Crippen LogP contribution in [0.2, 0.25) is 0 Å². The normalized spacial score (nSPS) is 11.0. The van der Waals surface area contributed by atoms with Crippen LogP contribution in [0.5, 0.6) is 0 Å². The Bertz CT molecular complexity index is 429. The van der Waals surface area contributed by atoms with Crippen LogP contribution in [0.4, 0.5) is 0 Å². The molecular formula is C10H12O3S. The fourth-order valence-corrected chi connectivity index (χ4v) is 1.94. The summed E-state index contributed by atoms with van der Waals surface area (Å²) in [6.45, 7) is 5.22. The quantitative estimate of drug-likeness (QED) is 0.718. The predicted molar refractivity (Wildman–Crippen MR) is 54.5 cm³/mol. The largest absolute Gasteiger partial charge is 0.487 e. The number of benzene rings is 1. The third kappa shape index (κ3) is 1.96. The molecule has 0 bridgehead atoms. The maximum absolute atomic E-state index is 11.6. The van der Waals surface area contributed by atoms with Gasteiger partial charge in [0.1, 0.15) is 0 Å². The van der Waals surface area contributed by atoms with Gasteiger partial charge < -0.3 is 4.74 Å². The minimum Gasteiger partial charge on any atom is -0.487 e. The molecule has 0 aliphatic rings. The average Bonchev–Trinajstić information content (AvgIpc) is 2.17. The Morgan fingerprint density at radius 2 is 1.79 bits per heavy atom. The molecule has 1 rings (SSSR count). The molecule has 1 aromatic carbocycles. The molecule has 0 spiro atoms. The Kier molecular flexibility index (Phi) is 2.96. The van der Waals surface area contributed by atoms with Crippen molar-refractivity contribution >= 4 is 9.84 Å². The van der Waals surface area contributed by atoms with Crippen LogP contribution in [0.15, 0.2) is 40.8 Å². The lowest BCUT2D eigenvalue weighted by Crippen LogP contribution is -2.05. The van der Waals surface area contributed by atoms with Crippen LogP contribution in [0.3, 0.4) is 0 Å². The van der Waals surface area contributed by atoms with Crippen molar-refractivity contribution in [3.63, 3.8) is 0 Å². The number of hydrogen-bond acceptors (Lipinski definition) is 3. The van der Waals surface area contributed by atoms with Gasteiger partial charge in [0.15, 0.2) is 0 Å². The van der Waals surface area contributed by atoms with Crippen LogP contribution in [0, 0.1) is 6.92 Å². The fraction of sp³-hybridized carbons (Fsp3) is 0.200. The smallest absolute Gasteiger partial charge is 0.238 e. The average molecular weight is 212 g/mol. The Morgan fingerprint density at radius 1 is 1.29 bits per heavy atom. The molecule has 14 heavy (non-hydrogen) atoms. The molecule has 0 amide bonds. The molecule has 0 radical (unpaired) electrons. The molecular weight excluding hydrogens is 200 g/mol. The molecule has 0 fully saturated rings. The molecule has 0 saturated carbocycles. The molecule has 4 heteroatoms. The van der Waals surface area contributed by atoms with E-state index in [1.165, 1.54) is 19.2 Å². The summed E-state index contributed by atoms with van der Waals surface area (Å²) in [6.07, 6.45) is 0. The van der Waals surface area contributed by atoms with Gasteiger partial charge in [-0.25, -0.2) is 8.42 Å². The van der Waals surface area contributed by atoms with E-state index < -0.39 is 9.84 Å². The molecule has 76 valence electrons. The summed E-state index contributed by atoms with van der Waals surface area (Å²) in [6, 6.07) is 6.54. The first-order chi connectivity index (χ1) is 6.48. The van der Waals surface area contributed by atoms with E-state index in [9.17, 15) is 8.42 Å². The number of methoxy groups -OCH3 is 1. The van der Waals surface area contributed by atoms with Gasteiger partial charge in [0.25, 0.3) is 0 Å². The van der Waals surface area contributed by atoms with Crippen LogP contribution in [0.25, 0.3) is 0 Å². The van der Waals surface area contributed by atoms with Gasteiger partial charge in [-0.05, 0) is 25.6 Å². The van der Waals surface area contributed by atoms with Gasteiger partial charge in [-0.3, -0.25) is 0 Å². The maximum atomic E-state index is 11.6. The fourth-order valence-electron chi connectivity index (χ4n) is 0.959. The van der Waals surface area contributed by atoms with Gasteiger partial charge in [-0.15, -0.1) is 0 Å². The molecule has 1 aromatic rings. The molecule has 0 aliphatic heterocycles. The van der Waals surface area contributed by atoms with Crippen LogP contribution in [0.1, 0.15) is 5.56 Å². The van der Waals surface area contributed by atoms with E-state index in [2.05, 4.69) is 11.3 Å².